The standard InChI is InChI=1S/C13H11N3O2.C11H9N3O/c1-2-18-13(17)12-8-11(9-14)16(15-12)10-6-4-3-5-7-10;12-7-11-6-9(8-15)13-14(11)10-4-2-1-3-5-10/h3-8H,2H2,1H3;1-6,15H,8H2. The quantitative estimate of drug-likeness (QED) is 0.472. The minimum atomic E-state index is -0.524. The topological polar surface area (TPSA) is 130 Å². The summed E-state index contributed by atoms with van der Waals surface area (Å²) in [7, 11) is 0. The minimum absolute atomic E-state index is 0.136. The van der Waals surface area contributed by atoms with Crippen molar-refractivity contribution in [2.75, 3.05) is 6.61 Å². The molecule has 0 unspecified atom stereocenters. The summed E-state index contributed by atoms with van der Waals surface area (Å²) in [6, 6.07) is 25.5. The molecule has 2 aromatic carbocycles. The number of ether oxygens (including phenoxy) is 1. The molecule has 9 heteroatoms. The Kier molecular flexibility index (Phi) is 7.68. The van der Waals surface area contributed by atoms with Gasteiger partial charge in [0.1, 0.15) is 23.5 Å². The molecule has 0 saturated heterocycles. The van der Waals surface area contributed by atoms with Crippen LogP contribution in [0.4, 0.5) is 0 Å². The van der Waals surface area contributed by atoms with E-state index in [1.807, 2.05) is 72.8 Å². The third kappa shape index (κ3) is 5.50. The molecule has 4 aromatic rings. The summed E-state index contributed by atoms with van der Waals surface area (Å²) in [6.45, 7) is 1.84. The second-order valence-electron chi connectivity index (χ2n) is 6.53. The van der Waals surface area contributed by atoms with E-state index in [2.05, 4.69) is 10.2 Å². The molecule has 33 heavy (non-hydrogen) atoms. The highest BCUT2D eigenvalue weighted by Crippen LogP contribution is 2.13. The number of rotatable bonds is 5. The lowest BCUT2D eigenvalue weighted by Crippen LogP contribution is -2.06. The van der Waals surface area contributed by atoms with Crippen LogP contribution in [0.2, 0.25) is 0 Å². The first-order chi connectivity index (χ1) is 16.1. The zero-order valence-corrected chi connectivity index (χ0v) is 17.8. The molecule has 0 saturated carbocycles. The predicted octanol–water partition coefficient (Wildman–Crippen LogP) is 3.16. The second-order valence-corrected chi connectivity index (χ2v) is 6.53. The van der Waals surface area contributed by atoms with Gasteiger partial charge in [-0.1, -0.05) is 36.4 Å². The van der Waals surface area contributed by atoms with Crippen LogP contribution in [0.3, 0.4) is 0 Å². The highest BCUT2D eigenvalue weighted by Gasteiger charge is 2.15. The second kappa shape index (κ2) is 11.0. The van der Waals surface area contributed by atoms with Crippen molar-refractivity contribution in [3.05, 3.63) is 95.6 Å². The van der Waals surface area contributed by atoms with E-state index in [4.69, 9.17) is 20.4 Å². The lowest BCUT2D eigenvalue weighted by atomic mass is 10.3. The van der Waals surface area contributed by atoms with Crippen LogP contribution in [-0.2, 0) is 11.3 Å². The fraction of sp³-hybridized carbons (Fsp3) is 0.125. The van der Waals surface area contributed by atoms with Crippen molar-refractivity contribution in [3.63, 3.8) is 0 Å². The number of nitriles is 2. The van der Waals surface area contributed by atoms with Crippen molar-refractivity contribution in [3.8, 4) is 23.5 Å². The molecule has 0 atom stereocenters. The Balaban J connectivity index is 0.000000189. The smallest absolute Gasteiger partial charge is 0.358 e. The zero-order valence-electron chi connectivity index (χ0n) is 17.8. The van der Waals surface area contributed by atoms with Gasteiger partial charge in [-0.3, -0.25) is 0 Å². The van der Waals surface area contributed by atoms with Gasteiger partial charge < -0.3 is 9.84 Å². The molecule has 2 aromatic heterocycles. The first-order valence-electron chi connectivity index (χ1n) is 9.99. The fourth-order valence-electron chi connectivity index (χ4n) is 2.88. The molecule has 2 heterocycles. The predicted molar refractivity (Wildman–Crippen MR) is 118 cm³/mol. The molecule has 0 radical (unpaired) electrons. The van der Waals surface area contributed by atoms with Gasteiger partial charge in [-0.15, -0.1) is 0 Å². The number of para-hydroxylation sites is 2. The van der Waals surface area contributed by atoms with Gasteiger partial charge in [0, 0.05) is 12.1 Å². The van der Waals surface area contributed by atoms with Crippen molar-refractivity contribution in [2.45, 2.75) is 13.5 Å². The summed E-state index contributed by atoms with van der Waals surface area (Å²) >= 11 is 0. The van der Waals surface area contributed by atoms with E-state index in [0.717, 1.165) is 11.4 Å². The number of aliphatic hydroxyl groups is 1. The maximum absolute atomic E-state index is 11.6. The minimum Gasteiger partial charge on any atom is -0.461 e. The van der Waals surface area contributed by atoms with Gasteiger partial charge in [-0.05, 0) is 31.2 Å². The Bertz CT molecular complexity index is 1300. The van der Waals surface area contributed by atoms with Crippen LogP contribution in [0, 0.1) is 22.7 Å². The molecule has 164 valence electrons. The first-order valence-corrected chi connectivity index (χ1v) is 9.99. The van der Waals surface area contributed by atoms with Gasteiger partial charge in [0.05, 0.1) is 30.3 Å². The van der Waals surface area contributed by atoms with Crippen molar-refractivity contribution in [2.24, 2.45) is 0 Å². The van der Waals surface area contributed by atoms with Gasteiger partial charge >= 0.3 is 5.97 Å². The number of aromatic nitrogens is 4. The molecule has 0 aliphatic carbocycles. The van der Waals surface area contributed by atoms with E-state index in [1.54, 1.807) is 13.0 Å². The monoisotopic (exact) mass is 440 g/mol. The number of benzene rings is 2. The third-order valence-electron chi connectivity index (χ3n) is 4.35. The molecule has 4 rings (SSSR count). The SMILES string of the molecule is CCOC(=O)c1cc(C#N)n(-c2ccccc2)n1.N#Cc1cc(CO)nn1-c1ccccc1. The summed E-state index contributed by atoms with van der Waals surface area (Å²) in [5.74, 6) is -0.524. The summed E-state index contributed by atoms with van der Waals surface area (Å²) in [4.78, 5) is 11.6. The Morgan fingerprint density at radius 2 is 1.42 bits per heavy atom. The van der Waals surface area contributed by atoms with E-state index >= 15 is 0 Å². The molecule has 0 aliphatic heterocycles. The average molecular weight is 440 g/mol. The molecule has 1 N–H and O–H groups in total. The summed E-state index contributed by atoms with van der Waals surface area (Å²) in [5, 5.41) is 35.1. The van der Waals surface area contributed by atoms with Crippen molar-refractivity contribution >= 4 is 5.97 Å². The summed E-state index contributed by atoms with van der Waals surface area (Å²) in [6.07, 6.45) is 0. The molecule has 0 spiro atoms. The van der Waals surface area contributed by atoms with E-state index in [-0.39, 0.29) is 18.9 Å². The Hall–Kier alpha value is -4.73. The molecule has 0 amide bonds. The van der Waals surface area contributed by atoms with Crippen LogP contribution in [0.5, 0.6) is 0 Å². The van der Waals surface area contributed by atoms with E-state index in [0.29, 0.717) is 17.1 Å². The average Bonchev–Trinajstić information content (AvgIpc) is 3.50. The number of carbonyl (C=O) groups is 1. The van der Waals surface area contributed by atoms with Gasteiger partial charge in [-0.2, -0.15) is 20.7 Å². The van der Waals surface area contributed by atoms with Crippen molar-refractivity contribution < 1.29 is 14.6 Å². The number of nitrogens with zero attached hydrogens (tertiary/aromatic N) is 6. The third-order valence-corrected chi connectivity index (χ3v) is 4.35. The van der Waals surface area contributed by atoms with Gasteiger partial charge in [0.25, 0.3) is 0 Å². The Morgan fingerprint density at radius 3 is 1.91 bits per heavy atom. The van der Waals surface area contributed by atoms with E-state index < -0.39 is 5.97 Å². The number of hydrogen-bond donors (Lipinski definition) is 1. The summed E-state index contributed by atoms with van der Waals surface area (Å²) in [5.41, 5.74) is 2.89. The highest BCUT2D eigenvalue weighted by molar-refractivity contribution is 5.87. The van der Waals surface area contributed by atoms with Crippen LogP contribution in [0.25, 0.3) is 11.4 Å². The normalized spacial score (nSPS) is 9.82. The lowest BCUT2D eigenvalue weighted by molar-refractivity contribution is 0.0519. The Morgan fingerprint density at radius 1 is 0.909 bits per heavy atom. The number of aliphatic hydroxyl groups excluding tert-OH is 1. The molecule has 0 aliphatic rings. The van der Waals surface area contributed by atoms with Crippen LogP contribution < -0.4 is 0 Å². The van der Waals surface area contributed by atoms with Crippen LogP contribution in [-0.4, -0.2) is 37.2 Å². The van der Waals surface area contributed by atoms with Crippen molar-refractivity contribution in [1.82, 2.24) is 19.6 Å². The zero-order chi connectivity index (χ0) is 23.6. The number of hydrogen-bond acceptors (Lipinski definition) is 7. The lowest BCUT2D eigenvalue weighted by Gasteiger charge is -2.01. The fourth-order valence-corrected chi connectivity index (χ4v) is 2.88. The van der Waals surface area contributed by atoms with Gasteiger partial charge in [0.15, 0.2) is 5.69 Å². The Labute approximate surface area is 190 Å². The molecule has 9 nitrogen and oxygen atoms in total. The van der Waals surface area contributed by atoms with Crippen molar-refractivity contribution in [1.29, 1.82) is 10.5 Å². The molecule has 0 fully saturated rings. The maximum atomic E-state index is 11.6. The van der Waals surface area contributed by atoms with Crippen LogP contribution >= 0.6 is 0 Å². The van der Waals surface area contributed by atoms with E-state index in [1.165, 1.54) is 15.4 Å². The van der Waals surface area contributed by atoms with Crippen LogP contribution in [0.15, 0.2) is 72.8 Å². The molecular weight excluding hydrogens is 420 g/mol. The number of carbonyl (C=O) groups excluding carboxylic acids is 1. The number of esters is 1. The largest absolute Gasteiger partial charge is 0.461 e. The summed E-state index contributed by atoms with van der Waals surface area (Å²) < 4.78 is 7.79. The highest BCUT2D eigenvalue weighted by atomic mass is 16.5. The van der Waals surface area contributed by atoms with E-state index in [9.17, 15) is 4.79 Å². The molecular formula is C24H20N6O3. The molecule has 0 bridgehead atoms. The maximum Gasteiger partial charge on any atom is 0.358 e. The van der Waals surface area contributed by atoms with Crippen LogP contribution in [0.1, 0.15) is 34.5 Å². The van der Waals surface area contributed by atoms with Gasteiger partial charge in [0.2, 0.25) is 0 Å². The van der Waals surface area contributed by atoms with Gasteiger partial charge in [-0.25, -0.2) is 14.2 Å². The first kappa shape index (κ1) is 22.9.